The summed E-state index contributed by atoms with van der Waals surface area (Å²) in [6.45, 7) is 3.09. The van der Waals surface area contributed by atoms with Crippen molar-refractivity contribution in [3.05, 3.63) is 46.6 Å². The van der Waals surface area contributed by atoms with Crippen molar-refractivity contribution < 1.29 is 9.53 Å². The standard InChI is InChI=1S/C20H24ClN3O2/c1-2-26-18-9-8-15(12-17(18)21)19-16(13-23-24-19)20(25)22-11-10-14-6-4-3-5-7-14/h6,8-9,12-13H,2-5,7,10-11H2,1H3,(H,22,25)(H,23,24). The Kier molecular flexibility index (Phi) is 6.34. The molecule has 3 rings (SSSR count). The first kappa shape index (κ1) is 18.5. The van der Waals surface area contributed by atoms with Crippen molar-refractivity contribution in [1.82, 2.24) is 15.5 Å². The average molecular weight is 374 g/mol. The molecule has 0 radical (unpaired) electrons. The molecule has 1 aromatic heterocycles. The van der Waals surface area contributed by atoms with Gasteiger partial charge in [0.15, 0.2) is 0 Å². The van der Waals surface area contributed by atoms with Gasteiger partial charge >= 0.3 is 0 Å². The fourth-order valence-electron chi connectivity index (χ4n) is 3.17. The second-order valence-electron chi connectivity index (χ2n) is 6.35. The summed E-state index contributed by atoms with van der Waals surface area (Å²) in [5, 5.41) is 10.4. The Bertz CT molecular complexity index is 798. The molecule has 1 aromatic carbocycles. The average Bonchev–Trinajstić information content (AvgIpc) is 3.14. The quantitative estimate of drug-likeness (QED) is 0.688. The predicted octanol–water partition coefficient (Wildman–Crippen LogP) is 4.75. The maximum absolute atomic E-state index is 12.5. The molecule has 0 aliphatic heterocycles. The lowest BCUT2D eigenvalue weighted by Crippen LogP contribution is -2.25. The van der Waals surface area contributed by atoms with Gasteiger partial charge in [-0.1, -0.05) is 23.3 Å². The first-order valence-electron chi connectivity index (χ1n) is 9.11. The molecule has 2 aromatic rings. The van der Waals surface area contributed by atoms with E-state index >= 15 is 0 Å². The highest BCUT2D eigenvalue weighted by molar-refractivity contribution is 6.32. The Balaban J connectivity index is 1.66. The van der Waals surface area contributed by atoms with E-state index in [9.17, 15) is 4.79 Å². The van der Waals surface area contributed by atoms with E-state index in [0.29, 0.717) is 35.2 Å². The maximum atomic E-state index is 12.5. The molecule has 138 valence electrons. The first-order chi connectivity index (χ1) is 12.7. The van der Waals surface area contributed by atoms with Gasteiger partial charge < -0.3 is 10.1 Å². The van der Waals surface area contributed by atoms with Crippen molar-refractivity contribution in [2.75, 3.05) is 13.2 Å². The molecule has 0 bridgehead atoms. The molecule has 0 atom stereocenters. The fraction of sp³-hybridized carbons (Fsp3) is 0.400. The molecule has 6 heteroatoms. The molecule has 1 heterocycles. The normalized spacial score (nSPS) is 14.0. The summed E-state index contributed by atoms with van der Waals surface area (Å²) in [5.41, 5.74) is 3.42. The molecule has 0 fully saturated rings. The van der Waals surface area contributed by atoms with E-state index in [2.05, 4.69) is 21.6 Å². The number of amides is 1. The summed E-state index contributed by atoms with van der Waals surface area (Å²) in [5.74, 6) is 0.499. The number of allylic oxidation sites excluding steroid dienone is 1. The number of ether oxygens (including phenoxy) is 1. The Morgan fingerprint density at radius 2 is 2.27 bits per heavy atom. The number of H-pyrrole nitrogens is 1. The van der Waals surface area contributed by atoms with Gasteiger partial charge in [-0.25, -0.2) is 0 Å². The second kappa shape index (κ2) is 8.90. The van der Waals surface area contributed by atoms with E-state index < -0.39 is 0 Å². The lowest BCUT2D eigenvalue weighted by atomic mass is 9.97. The van der Waals surface area contributed by atoms with Crippen LogP contribution in [-0.2, 0) is 0 Å². The molecule has 0 unspecified atom stereocenters. The summed E-state index contributed by atoms with van der Waals surface area (Å²) in [6.07, 6.45) is 9.61. The van der Waals surface area contributed by atoms with Crippen LogP contribution in [0.25, 0.3) is 11.3 Å². The molecule has 1 amide bonds. The van der Waals surface area contributed by atoms with Gasteiger partial charge in [0.25, 0.3) is 5.91 Å². The second-order valence-corrected chi connectivity index (χ2v) is 6.76. The van der Waals surface area contributed by atoms with Crippen molar-refractivity contribution in [1.29, 1.82) is 0 Å². The third kappa shape index (κ3) is 4.47. The molecule has 0 spiro atoms. The van der Waals surface area contributed by atoms with E-state index in [0.717, 1.165) is 24.8 Å². The zero-order valence-corrected chi connectivity index (χ0v) is 15.7. The number of rotatable bonds is 7. The zero-order valence-electron chi connectivity index (χ0n) is 15.0. The topological polar surface area (TPSA) is 67.0 Å². The van der Waals surface area contributed by atoms with E-state index in [1.54, 1.807) is 18.3 Å². The summed E-state index contributed by atoms with van der Waals surface area (Å²) in [7, 11) is 0. The van der Waals surface area contributed by atoms with Crippen LogP contribution in [0.3, 0.4) is 0 Å². The van der Waals surface area contributed by atoms with Gasteiger partial charge in [-0.05, 0) is 57.2 Å². The highest BCUT2D eigenvalue weighted by Gasteiger charge is 2.16. The Morgan fingerprint density at radius 1 is 1.38 bits per heavy atom. The molecular formula is C20H24ClN3O2. The molecule has 5 nitrogen and oxygen atoms in total. The van der Waals surface area contributed by atoms with Gasteiger partial charge in [0, 0.05) is 12.1 Å². The number of hydrogen-bond donors (Lipinski definition) is 2. The van der Waals surface area contributed by atoms with Gasteiger partial charge in [0.1, 0.15) is 5.75 Å². The van der Waals surface area contributed by atoms with Crippen LogP contribution in [0.15, 0.2) is 36.0 Å². The summed E-state index contributed by atoms with van der Waals surface area (Å²) < 4.78 is 5.46. The van der Waals surface area contributed by atoms with Crippen LogP contribution in [0, 0.1) is 0 Å². The highest BCUT2D eigenvalue weighted by Crippen LogP contribution is 2.31. The van der Waals surface area contributed by atoms with Gasteiger partial charge in [-0.15, -0.1) is 0 Å². The van der Waals surface area contributed by atoms with Crippen LogP contribution in [0.4, 0.5) is 0 Å². The first-order valence-corrected chi connectivity index (χ1v) is 9.49. The molecule has 26 heavy (non-hydrogen) atoms. The minimum Gasteiger partial charge on any atom is -0.492 e. The molecule has 2 N–H and O–H groups in total. The molecule has 1 aliphatic rings. The highest BCUT2D eigenvalue weighted by atomic mass is 35.5. The lowest BCUT2D eigenvalue weighted by Gasteiger charge is -2.13. The van der Waals surface area contributed by atoms with Gasteiger partial charge in [0.2, 0.25) is 0 Å². The summed E-state index contributed by atoms with van der Waals surface area (Å²) in [4.78, 5) is 12.5. The predicted molar refractivity (Wildman–Crippen MR) is 104 cm³/mol. The number of halogens is 1. The van der Waals surface area contributed by atoms with Crippen LogP contribution in [0.2, 0.25) is 5.02 Å². The largest absolute Gasteiger partial charge is 0.492 e. The minimum absolute atomic E-state index is 0.129. The summed E-state index contributed by atoms with van der Waals surface area (Å²) >= 11 is 6.26. The number of nitrogens with one attached hydrogen (secondary N) is 2. The Morgan fingerprint density at radius 3 is 3.00 bits per heavy atom. The van der Waals surface area contributed by atoms with Crippen LogP contribution in [0.5, 0.6) is 5.75 Å². The molecular weight excluding hydrogens is 350 g/mol. The Hall–Kier alpha value is -2.27. The van der Waals surface area contributed by atoms with Crippen LogP contribution < -0.4 is 10.1 Å². The minimum atomic E-state index is -0.129. The maximum Gasteiger partial charge on any atom is 0.255 e. The monoisotopic (exact) mass is 373 g/mol. The van der Waals surface area contributed by atoms with Crippen molar-refractivity contribution in [3.63, 3.8) is 0 Å². The Labute approximate surface area is 158 Å². The smallest absolute Gasteiger partial charge is 0.255 e. The third-order valence-corrected chi connectivity index (χ3v) is 4.82. The molecule has 1 aliphatic carbocycles. The fourth-order valence-corrected chi connectivity index (χ4v) is 3.41. The van der Waals surface area contributed by atoms with Gasteiger partial charge in [-0.2, -0.15) is 5.10 Å². The van der Waals surface area contributed by atoms with Crippen molar-refractivity contribution in [2.24, 2.45) is 0 Å². The van der Waals surface area contributed by atoms with Crippen molar-refractivity contribution in [3.8, 4) is 17.0 Å². The SMILES string of the molecule is CCOc1ccc(-c2[nH]ncc2C(=O)NCCC2=CCCCC2)cc1Cl. The van der Waals surface area contributed by atoms with E-state index in [1.807, 2.05) is 13.0 Å². The van der Waals surface area contributed by atoms with Crippen LogP contribution in [0.1, 0.15) is 49.4 Å². The van der Waals surface area contributed by atoms with E-state index in [-0.39, 0.29) is 5.91 Å². The number of nitrogens with zero attached hydrogens (tertiary/aromatic N) is 1. The van der Waals surface area contributed by atoms with Crippen molar-refractivity contribution in [2.45, 2.75) is 39.0 Å². The van der Waals surface area contributed by atoms with E-state index in [1.165, 1.54) is 18.4 Å². The lowest BCUT2D eigenvalue weighted by molar-refractivity contribution is 0.0954. The van der Waals surface area contributed by atoms with Crippen molar-refractivity contribution >= 4 is 17.5 Å². The third-order valence-electron chi connectivity index (χ3n) is 4.52. The molecule has 0 saturated carbocycles. The number of hydrogen-bond acceptors (Lipinski definition) is 3. The number of benzene rings is 1. The van der Waals surface area contributed by atoms with Crippen LogP contribution in [-0.4, -0.2) is 29.3 Å². The number of aromatic nitrogens is 2. The molecule has 0 saturated heterocycles. The number of aromatic amines is 1. The van der Waals surface area contributed by atoms with Gasteiger partial charge in [-0.3, -0.25) is 9.89 Å². The van der Waals surface area contributed by atoms with Gasteiger partial charge in [0.05, 0.1) is 29.1 Å². The summed E-state index contributed by atoms with van der Waals surface area (Å²) in [6, 6.07) is 5.46. The van der Waals surface area contributed by atoms with Crippen LogP contribution >= 0.6 is 11.6 Å². The van der Waals surface area contributed by atoms with E-state index in [4.69, 9.17) is 16.3 Å². The zero-order chi connectivity index (χ0) is 18.4. The number of carbonyl (C=O) groups is 1. The number of carbonyl (C=O) groups excluding carboxylic acids is 1.